The minimum absolute atomic E-state index is 0.798. The first-order valence-corrected chi connectivity index (χ1v) is 13.1. The molecule has 4 heteroatoms. The maximum Gasteiger partial charge on any atom is 0.0711 e. The molecule has 0 aliphatic heterocycles. The summed E-state index contributed by atoms with van der Waals surface area (Å²) in [6.45, 7) is 7.03. The van der Waals surface area contributed by atoms with Crippen LogP contribution in [0.1, 0.15) is 123 Å². The maximum atomic E-state index is 5.93. The molecule has 0 aliphatic carbocycles. The standard InChI is InChI=1S/C23H48BrNO2/c1-3-5-7-9-14-18-22-26-25(21-17-13-11-12-16-20-24)27-23-19-15-10-8-6-4-2/h3-23H2,1-2H3. The fourth-order valence-electron chi connectivity index (χ4n) is 3.13. The van der Waals surface area contributed by atoms with Crippen LogP contribution in [0.5, 0.6) is 0 Å². The number of hydrogen-bond donors (Lipinski definition) is 0. The Morgan fingerprint density at radius 2 is 0.926 bits per heavy atom. The summed E-state index contributed by atoms with van der Waals surface area (Å²) in [4.78, 5) is 11.9. The van der Waals surface area contributed by atoms with E-state index in [4.69, 9.17) is 9.68 Å². The molecule has 0 N–H and O–H groups in total. The molecule has 0 radical (unpaired) electrons. The van der Waals surface area contributed by atoms with Gasteiger partial charge in [0.15, 0.2) is 0 Å². The van der Waals surface area contributed by atoms with Gasteiger partial charge in [-0.25, -0.2) is 0 Å². The summed E-state index contributed by atoms with van der Waals surface area (Å²) in [7, 11) is 0. The first kappa shape index (κ1) is 27.4. The zero-order valence-electron chi connectivity index (χ0n) is 18.5. The fraction of sp³-hybridized carbons (Fsp3) is 1.00. The van der Waals surface area contributed by atoms with E-state index in [0.717, 1.165) is 44.4 Å². The second kappa shape index (κ2) is 24.4. The monoisotopic (exact) mass is 449 g/mol. The summed E-state index contributed by atoms with van der Waals surface area (Å²) in [6.07, 6.45) is 21.9. The molecule has 0 aromatic carbocycles. The number of alkyl halides is 1. The average molecular weight is 451 g/mol. The minimum Gasteiger partial charge on any atom is -0.274 e. The van der Waals surface area contributed by atoms with Crippen LogP contribution < -0.4 is 0 Å². The van der Waals surface area contributed by atoms with E-state index in [1.165, 1.54) is 89.9 Å². The molecule has 0 unspecified atom stereocenters. The van der Waals surface area contributed by atoms with Gasteiger partial charge >= 0.3 is 0 Å². The molecule has 0 saturated carbocycles. The van der Waals surface area contributed by atoms with Gasteiger partial charge < -0.3 is 0 Å². The highest BCUT2D eigenvalue weighted by molar-refractivity contribution is 9.09. The molecule has 0 aromatic heterocycles. The van der Waals surface area contributed by atoms with Crippen molar-refractivity contribution in [3.8, 4) is 0 Å². The Balaban J connectivity index is 3.78. The first-order chi connectivity index (χ1) is 13.3. The van der Waals surface area contributed by atoms with E-state index in [1.54, 1.807) is 5.23 Å². The van der Waals surface area contributed by atoms with Crippen molar-refractivity contribution in [3.63, 3.8) is 0 Å². The lowest BCUT2D eigenvalue weighted by molar-refractivity contribution is -0.369. The number of hydroxylamine groups is 2. The Hall–Kier alpha value is 0.360. The van der Waals surface area contributed by atoms with Crippen LogP contribution in [0.3, 0.4) is 0 Å². The third-order valence-electron chi connectivity index (χ3n) is 4.94. The van der Waals surface area contributed by atoms with E-state index >= 15 is 0 Å². The second-order valence-electron chi connectivity index (χ2n) is 7.72. The van der Waals surface area contributed by atoms with Crippen LogP contribution in [0.15, 0.2) is 0 Å². The molecule has 0 saturated heterocycles. The summed E-state index contributed by atoms with van der Waals surface area (Å²) in [5, 5.41) is 2.92. The Morgan fingerprint density at radius 3 is 1.41 bits per heavy atom. The van der Waals surface area contributed by atoms with Gasteiger partial charge in [-0.3, -0.25) is 9.68 Å². The largest absolute Gasteiger partial charge is 0.274 e. The predicted octanol–water partition coefficient (Wildman–Crippen LogP) is 8.22. The molecular weight excluding hydrogens is 402 g/mol. The predicted molar refractivity (Wildman–Crippen MR) is 122 cm³/mol. The van der Waals surface area contributed by atoms with Crippen molar-refractivity contribution in [1.82, 2.24) is 5.23 Å². The molecule has 27 heavy (non-hydrogen) atoms. The Bertz CT molecular complexity index is 249. The van der Waals surface area contributed by atoms with Crippen molar-refractivity contribution in [3.05, 3.63) is 0 Å². The lowest BCUT2D eigenvalue weighted by Crippen LogP contribution is -2.27. The van der Waals surface area contributed by atoms with Crippen LogP contribution in [-0.4, -0.2) is 30.3 Å². The quantitative estimate of drug-likeness (QED) is 0.0889. The topological polar surface area (TPSA) is 21.7 Å². The molecular formula is C23H48BrNO2. The molecule has 0 rings (SSSR count). The highest BCUT2D eigenvalue weighted by Crippen LogP contribution is 2.10. The Labute approximate surface area is 179 Å². The number of nitrogens with zero attached hydrogens (tertiary/aromatic N) is 1. The van der Waals surface area contributed by atoms with Gasteiger partial charge in [0, 0.05) is 5.33 Å². The Morgan fingerprint density at radius 1 is 0.519 bits per heavy atom. The van der Waals surface area contributed by atoms with Crippen molar-refractivity contribution in [1.29, 1.82) is 0 Å². The number of rotatable bonds is 23. The van der Waals surface area contributed by atoms with Gasteiger partial charge in [0.1, 0.15) is 0 Å². The van der Waals surface area contributed by atoms with Crippen molar-refractivity contribution in [2.75, 3.05) is 25.1 Å². The second-order valence-corrected chi connectivity index (χ2v) is 8.51. The van der Waals surface area contributed by atoms with Gasteiger partial charge in [-0.1, -0.05) is 118 Å². The van der Waals surface area contributed by atoms with Gasteiger partial charge in [-0.15, -0.1) is 0 Å². The van der Waals surface area contributed by atoms with Crippen LogP contribution in [0, 0.1) is 0 Å². The maximum absolute atomic E-state index is 5.93. The molecule has 0 aromatic rings. The lowest BCUT2D eigenvalue weighted by Gasteiger charge is -2.21. The number of halogens is 1. The van der Waals surface area contributed by atoms with Gasteiger partial charge in [0.2, 0.25) is 0 Å². The van der Waals surface area contributed by atoms with E-state index in [9.17, 15) is 0 Å². The first-order valence-electron chi connectivity index (χ1n) is 11.9. The zero-order valence-corrected chi connectivity index (χ0v) is 20.1. The smallest absolute Gasteiger partial charge is 0.0711 e. The molecule has 0 amide bonds. The number of hydrogen-bond acceptors (Lipinski definition) is 3. The molecule has 0 fully saturated rings. The van der Waals surface area contributed by atoms with Crippen LogP contribution >= 0.6 is 15.9 Å². The highest BCUT2D eigenvalue weighted by atomic mass is 79.9. The van der Waals surface area contributed by atoms with E-state index in [1.807, 2.05) is 0 Å². The van der Waals surface area contributed by atoms with Crippen LogP contribution in [-0.2, 0) is 9.68 Å². The summed E-state index contributed by atoms with van der Waals surface area (Å²) >= 11 is 3.50. The molecule has 0 atom stereocenters. The van der Waals surface area contributed by atoms with Crippen molar-refractivity contribution >= 4 is 15.9 Å². The van der Waals surface area contributed by atoms with Crippen LogP contribution in [0.25, 0.3) is 0 Å². The van der Waals surface area contributed by atoms with Crippen LogP contribution in [0.4, 0.5) is 0 Å². The summed E-state index contributed by atoms with van der Waals surface area (Å²) in [6, 6.07) is 0. The molecule has 0 bridgehead atoms. The van der Waals surface area contributed by atoms with Crippen molar-refractivity contribution in [2.45, 2.75) is 123 Å². The minimum atomic E-state index is 0.798. The fourth-order valence-corrected chi connectivity index (χ4v) is 3.53. The van der Waals surface area contributed by atoms with E-state index in [0.29, 0.717) is 0 Å². The van der Waals surface area contributed by atoms with Gasteiger partial charge in [-0.2, -0.15) is 0 Å². The van der Waals surface area contributed by atoms with Gasteiger partial charge in [-0.05, 0) is 25.7 Å². The molecule has 164 valence electrons. The molecule has 3 nitrogen and oxygen atoms in total. The van der Waals surface area contributed by atoms with Gasteiger partial charge in [0.05, 0.1) is 19.8 Å². The normalized spacial score (nSPS) is 11.6. The molecule has 0 aliphatic rings. The van der Waals surface area contributed by atoms with E-state index in [2.05, 4.69) is 29.8 Å². The zero-order chi connectivity index (χ0) is 19.8. The SMILES string of the molecule is CCCCCCCCON(CCCCCCCBr)OCCCCCCCC. The summed E-state index contributed by atoms with van der Waals surface area (Å²) in [5.74, 6) is 0. The van der Waals surface area contributed by atoms with Crippen molar-refractivity contribution in [2.24, 2.45) is 0 Å². The van der Waals surface area contributed by atoms with E-state index in [-0.39, 0.29) is 0 Å². The molecule has 0 heterocycles. The molecule has 0 spiro atoms. The summed E-state index contributed by atoms with van der Waals surface area (Å²) < 4.78 is 0. The lowest BCUT2D eigenvalue weighted by atomic mass is 10.1. The van der Waals surface area contributed by atoms with Gasteiger partial charge in [0.25, 0.3) is 0 Å². The van der Waals surface area contributed by atoms with Crippen molar-refractivity contribution < 1.29 is 9.68 Å². The summed E-state index contributed by atoms with van der Waals surface area (Å²) in [5.41, 5.74) is 0. The third-order valence-corrected chi connectivity index (χ3v) is 5.50. The highest BCUT2D eigenvalue weighted by Gasteiger charge is 2.06. The number of unbranched alkanes of at least 4 members (excludes halogenated alkanes) is 14. The van der Waals surface area contributed by atoms with Crippen LogP contribution in [0.2, 0.25) is 0 Å². The third kappa shape index (κ3) is 22.5. The average Bonchev–Trinajstić information content (AvgIpc) is 2.68. The van der Waals surface area contributed by atoms with E-state index < -0.39 is 0 Å². The Kier molecular flexibility index (Phi) is 24.7.